The zero-order valence-corrected chi connectivity index (χ0v) is 8.95. The van der Waals surface area contributed by atoms with E-state index in [-0.39, 0.29) is 0 Å². The number of pyridine rings is 1. The molecule has 2 aromatic heterocycles. The van der Waals surface area contributed by atoms with Crippen LogP contribution in [0.2, 0.25) is 0 Å². The van der Waals surface area contributed by atoms with Crippen molar-refractivity contribution in [2.75, 3.05) is 0 Å². The summed E-state index contributed by atoms with van der Waals surface area (Å²) in [5, 5.41) is 6.77. The predicted molar refractivity (Wildman–Crippen MR) is 57.2 cm³/mol. The van der Waals surface area contributed by atoms with Crippen molar-refractivity contribution in [3.63, 3.8) is 0 Å². The maximum Gasteiger partial charge on any atom is 0.238 e. The highest BCUT2D eigenvalue weighted by Gasteiger charge is 2.05. The minimum atomic E-state index is 0.390. The Bertz CT molecular complexity index is 455. The fourth-order valence-corrected chi connectivity index (χ4v) is 1.39. The summed E-state index contributed by atoms with van der Waals surface area (Å²) in [5.41, 5.74) is 1.84. The number of aromatic nitrogens is 3. The van der Waals surface area contributed by atoms with Crippen molar-refractivity contribution >= 4 is 11.6 Å². The largest absolute Gasteiger partial charge is 0.436 e. The highest BCUT2D eigenvalue weighted by molar-refractivity contribution is 6.17. The van der Waals surface area contributed by atoms with Crippen LogP contribution in [0.4, 0.5) is 0 Å². The van der Waals surface area contributed by atoms with E-state index < -0.39 is 0 Å². The van der Waals surface area contributed by atoms with E-state index in [2.05, 4.69) is 15.2 Å². The van der Waals surface area contributed by atoms with Gasteiger partial charge in [-0.1, -0.05) is 0 Å². The molecular formula is C10H10ClN3O. The number of aromatic amines is 1. The second-order valence-corrected chi connectivity index (χ2v) is 3.38. The zero-order valence-electron chi connectivity index (χ0n) is 8.20. The molecule has 0 aromatic carbocycles. The molecule has 0 radical (unpaired) electrons. The lowest BCUT2D eigenvalue weighted by atomic mass is 10.3. The number of hydrogen-bond donors (Lipinski definition) is 1. The molecule has 0 aliphatic heterocycles. The van der Waals surface area contributed by atoms with Crippen molar-refractivity contribution in [3.05, 3.63) is 35.8 Å². The zero-order chi connectivity index (χ0) is 10.7. The van der Waals surface area contributed by atoms with Crippen LogP contribution in [-0.2, 0) is 5.88 Å². The molecule has 78 valence electrons. The van der Waals surface area contributed by atoms with Crippen molar-refractivity contribution < 1.29 is 4.74 Å². The van der Waals surface area contributed by atoms with Gasteiger partial charge in [0.05, 0.1) is 12.1 Å². The van der Waals surface area contributed by atoms with Gasteiger partial charge >= 0.3 is 0 Å². The SMILES string of the molecule is Cc1cc(Oc2cnccc2CCl)n[nH]1. The summed E-state index contributed by atoms with van der Waals surface area (Å²) < 4.78 is 5.53. The molecule has 0 atom stereocenters. The van der Waals surface area contributed by atoms with Crippen LogP contribution in [-0.4, -0.2) is 15.2 Å². The quantitative estimate of drug-likeness (QED) is 0.814. The summed E-state index contributed by atoms with van der Waals surface area (Å²) in [5.74, 6) is 1.55. The molecule has 2 rings (SSSR count). The number of nitrogens with zero attached hydrogens (tertiary/aromatic N) is 2. The van der Waals surface area contributed by atoms with Crippen LogP contribution in [0.1, 0.15) is 11.3 Å². The van der Waals surface area contributed by atoms with Crippen LogP contribution in [0.5, 0.6) is 11.6 Å². The number of rotatable bonds is 3. The average Bonchev–Trinajstić information content (AvgIpc) is 2.65. The van der Waals surface area contributed by atoms with Gasteiger partial charge in [-0.25, -0.2) is 0 Å². The molecule has 1 N–H and O–H groups in total. The molecule has 2 aromatic rings. The molecule has 0 bridgehead atoms. The smallest absolute Gasteiger partial charge is 0.238 e. The Labute approximate surface area is 92.3 Å². The van der Waals surface area contributed by atoms with Crippen molar-refractivity contribution in [2.45, 2.75) is 12.8 Å². The first-order valence-electron chi connectivity index (χ1n) is 4.48. The van der Waals surface area contributed by atoms with Crippen LogP contribution in [0.15, 0.2) is 24.5 Å². The van der Waals surface area contributed by atoms with Gasteiger partial charge in [0.1, 0.15) is 0 Å². The van der Waals surface area contributed by atoms with Gasteiger partial charge < -0.3 is 4.74 Å². The molecule has 5 heteroatoms. The fraction of sp³-hybridized carbons (Fsp3) is 0.200. The molecule has 4 nitrogen and oxygen atoms in total. The summed E-state index contributed by atoms with van der Waals surface area (Å²) in [6.07, 6.45) is 3.31. The average molecular weight is 224 g/mol. The normalized spacial score (nSPS) is 10.3. The Morgan fingerprint density at radius 1 is 1.53 bits per heavy atom. The van der Waals surface area contributed by atoms with E-state index in [1.807, 2.05) is 19.1 Å². The minimum absolute atomic E-state index is 0.390. The van der Waals surface area contributed by atoms with Gasteiger partial charge in [-0.2, -0.15) is 0 Å². The Morgan fingerprint density at radius 3 is 3.07 bits per heavy atom. The van der Waals surface area contributed by atoms with Crippen LogP contribution in [0, 0.1) is 6.92 Å². The molecule has 0 amide bonds. The first-order valence-corrected chi connectivity index (χ1v) is 5.02. The van der Waals surface area contributed by atoms with Crippen molar-refractivity contribution in [2.24, 2.45) is 0 Å². The van der Waals surface area contributed by atoms with Gasteiger partial charge in [0.2, 0.25) is 5.88 Å². The molecule has 0 saturated heterocycles. The van der Waals surface area contributed by atoms with Crippen LogP contribution < -0.4 is 4.74 Å². The molecule has 0 aliphatic carbocycles. The number of aryl methyl sites for hydroxylation is 1. The first-order chi connectivity index (χ1) is 7.29. The maximum absolute atomic E-state index is 5.77. The highest BCUT2D eigenvalue weighted by atomic mass is 35.5. The number of nitrogens with one attached hydrogen (secondary N) is 1. The number of alkyl halides is 1. The van der Waals surface area contributed by atoms with E-state index in [9.17, 15) is 0 Å². The van der Waals surface area contributed by atoms with Crippen molar-refractivity contribution in [1.82, 2.24) is 15.2 Å². The number of halogens is 1. The topological polar surface area (TPSA) is 50.8 Å². The van der Waals surface area contributed by atoms with Gasteiger partial charge in [0.25, 0.3) is 0 Å². The lowest BCUT2D eigenvalue weighted by Gasteiger charge is -2.04. The van der Waals surface area contributed by atoms with Gasteiger partial charge in [-0.05, 0) is 13.0 Å². The van der Waals surface area contributed by atoms with Gasteiger partial charge in [-0.15, -0.1) is 16.7 Å². The Morgan fingerprint density at radius 2 is 2.40 bits per heavy atom. The van der Waals surface area contributed by atoms with E-state index in [1.165, 1.54) is 0 Å². The first kappa shape index (κ1) is 9.98. The number of ether oxygens (including phenoxy) is 1. The van der Waals surface area contributed by atoms with E-state index in [1.54, 1.807) is 12.4 Å². The summed E-state index contributed by atoms with van der Waals surface area (Å²) >= 11 is 5.77. The molecule has 2 heterocycles. The third-order valence-corrected chi connectivity index (χ3v) is 2.20. The molecule has 15 heavy (non-hydrogen) atoms. The Balaban J connectivity index is 2.23. The van der Waals surface area contributed by atoms with Gasteiger partial charge in [-0.3, -0.25) is 10.1 Å². The highest BCUT2D eigenvalue weighted by Crippen LogP contribution is 2.24. The van der Waals surface area contributed by atoms with Crippen LogP contribution >= 0.6 is 11.6 Å². The Kier molecular flexibility index (Phi) is 2.87. The molecule has 0 unspecified atom stereocenters. The second kappa shape index (κ2) is 4.31. The summed E-state index contributed by atoms with van der Waals surface area (Å²) in [6.45, 7) is 1.91. The van der Waals surface area contributed by atoms with Crippen LogP contribution in [0.25, 0.3) is 0 Å². The lowest BCUT2D eigenvalue weighted by molar-refractivity contribution is 0.455. The van der Waals surface area contributed by atoms with Gasteiger partial charge in [0.15, 0.2) is 5.75 Å². The van der Waals surface area contributed by atoms with E-state index >= 15 is 0 Å². The molecule has 0 saturated carbocycles. The third-order valence-electron chi connectivity index (χ3n) is 1.91. The van der Waals surface area contributed by atoms with Gasteiger partial charge in [0, 0.05) is 23.5 Å². The standard InChI is InChI=1S/C10H10ClN3O/c1-7-4-10(14-13-7)15-9-6-12-3-2-8(9)5-11/h2-4,6H,5H2,1H3,(H,13,14). The third kappa shape index (κ3) is 2.27. The minimum Gasteiger partial charge on any atom is -0.436 e. The Hall–Kier alpha value is -1.55. The number of H-pyrrole nitrogens is 1. The van der Waals surface area contributed by atoms with E-state index in [0.717, 1.165) is 11.3 Å². The predicted octanol–water partition coefficient (Wildman–Crippen LogP) is 2.64. The van der Waals surface area contributed by atoms with E-state index in [0.29, 0.717) is 17.5 Å². The summed E-state index contributed by atoms with van der Waals surface area (Å²) in [6, 6.07) is 3.63. The number of hydrogen-bond acceptors (Lipinski definition) is 3. The molecule has 0 fully saturated rings. The second-order valence-electron chi connectivity index (χ2n) is 3.11. The van der Waals surface area contributed by atoms with E-state index in [4.69, 9.17) is 16.3 Å². The monoisotopic (exact) mass is 223 g/mol. The molecular weight excluding hydrogens is 214 g/mol. The van der Waals surface area contributed by atoms with Crippen molar-refractivity contribution in [1.29, 1.82) is 0 Å². The van der Waals surface area contributed by atoms with Crippen molar-refractivity contribution in [3.8, 4) is 11.6 Å². The van der Waals surface area contributed by atoms with Crippen LogP contribution in [0.3, 0.4) is 0 Å². The fourth-order valence-electron chi connectivity index (χ4n) is 1.17. The summed E-state index contributed by atoms with van der Waals surface area (Å²) in [4.78, 5) is 3.97. The molecule has 0 aliphatic rings. The maximum atomic E-state index is 5.77. The molecule has 0 spiro atoms. The lowest BCUT2D eigenvalue weighted by Crippen LogP contribution is -1.90. The summed E-state index contributed by atoms with van der Waals surface area (Å²) in [7, 11) is 0.